The number of methoxy groups -OCH3 is 1. The van der Waals surface area contributed by atoms with E-state index in [0.717, 1.165) is 57.7 Å². The molecule has 1 amide bonds. The molecular weight excluding hydrogens is 452 g/mol. The zero-order valence-electron chi connectivity index (χ0n) is 20.5. The van der Waals surface area contributed by atoms with Gasteiger partial charge < -0.3 is 9.30 Å². The van der Waals surface area contributed by atoms with E-state index in [1.165, 1.54) is 7.11 Å². The number of amides is 1. The Morgan fingerprint density at radius 3 is 2.53 bits per heavy atom. The Hall–Kier alpha value is -4.26. The Morgan fingerprint density at radius 1 is 1.03 bits per heavy atom. The predicted molar refractivity (Wildman–Crippen MR) is 140 cm³/mol. The third-order valence-corrected chi connectivity index (χ3v) is 6.48. The van der Waals surface area contributed by atoms with Crippen molar-refractivity contribution >= 4 is 28.6 Å². The van der Waals surface area contributed by atoms with Crippen molar-refractivity contribution in [3.8, 4) is 11.1 Å². The van der Waals surface area contributed by atoms with Crippen molar-refractivity contribution in [3.63, 3.8) is 0 Å². The summed E-state index contributed by atoms with van der Waals surface area (Å²) in [5, 5.41) is 4.26. The van der Waals surface area contributed by atoms with Crippen LogP contribution in [0, 0.1) is 0 Å². The number of imidazole rings is 1. The maximum atomic E-state index is 12.2. The van der Waals surface area contributed by atoms with Crippen LogP contribution in [0.2, 0.25) is 0 Å². The first-order chi connectivity index (χ1) is 17.6. The molecule has 1 N–H and O–H groups in total. The van der Waals surface area contributed by atoms with Crippen LogP contribution in [0.25, 0.3) is 22.2 Å². The van der Waals surface area contributed by atoms with E-state index in [2.05, 4.69) is 40.2 Å². The lowest BCUT2D eigenvalue weighted by Gasteiger charge is -2.13. The van der Waals surface area contributed by atoms with Crippen molar-refractivity contribution in [2.75, 3.05) is 7.11 Å². The highest BCUT2D eigenvalue weighted by molar-refractivity contribution is 6.05. The fraction of sp³-hybridized carbons (Fsp3) is 0.241. The summed E-state index contributed by atoms with van der Waals surface area (Å²) in [5.41, 5.74) is 9.97. The van der Waals surface area contributed by atoms with Gasteiger partial charge in [0.05, 0.1) is 29.4 Å². The molecule has 7 nitrogen and oxygen atoms in total. The summed E-state index contributed by atoms with van der Waals surface area (Å²) >= 11 is 0. The van der Waals surface area contributed by atoms with Gasteiger partial charge in [-0.15, -0.1) is 0 Å². The SMILES string of the molecule is CCCc1nc2ccc(C3=NNC(=O)CC3)cc2n1Cc1ccc(-c2ccccc2C(=O)OC)cc1. The van der Waals surface area contributed by atoms with Crippen LogP contribution in [0.5, 0.6) is 0 Å². The van der Waals surface area contributed by atoms with E-state index in [1.807, 2.05) is 42.5 Å². The van der Waals surface area contributed by atoms with Gasteiger partial charge in [-0.05, 0) is 46.9 Å². The Bertz CT molecular complexity index is 1470. The molecule has 0 saturated heterocycles. The number of rotatable bonds is 7. The van der Waals surface area contributed by atoms with Crippen molar-refractivity contribution in [2.45, 2.75) is 39.2 Å². The summed E-state index contributed by atoms with van der Waals surface area (Å²) in [6.07, 6.45) is 2.95. The largest absolute Gasteiger partial charge is 0.465 e. The second-order valence-electron chi connectivity index (χ2n) is 8.90. The van der Waals surface area contributed by atoms with Gasteiger partial charge in [0.25, 0.3) is 0 Å². The van der Waals surface area contributed by atoms with Crippen LogP contribution in [0.4, 0.5) is 0 Å². The van der Waals surface area contributed by atoms with Crippen molar-refractivity contribution < 1.29 is 14.3 Å². The number of nitrogens with one attached hydrogen (secondary N) is 1. The zero-order chi connectivity index (χ0) is 25.1. The molecule has 0 atom stereocenters. The van der Waals surface area contributed by atoms with Crippen LogP contribution in [-0.4, -0.2) is 34.2 Å². The monoisotopic (exact) mass is 480 g/mol. The van der Waals surface area contributed by atoms with Gasteiger partial charge in [0, 0.05) is 25.8 Å². The molecule has 2 heterocycles. The first kappa shape index (κ1) is 23.5. The smallest absolute Gasteiger partial charge is 0.338 e. The van der Waals surface area contributed by atoms with Gasteiger partial charge >= 0.3 is 5.97 Å². The van der Waals surface area contributed by atoms with Gasteiger partial charge in [-0.25, -0.2) is 15.2 Å². The number of aromatic nitrogens is 2. The van der Waals surface area contributed by atoms with E-state index in [0.29, 0.717) is 24.9 Å². The number of ether oxygens (including phenoxy) is 1. The summed E-state index contributed by atoms with van der Waals surface area (Å²) < 4.78 is 7.22. The second kappa shape index (κ2) is 10.2. The van der Waals surface area contributed by atoms with Crippen LogP contribution in [0.15, 0.2) is 71.8 Å². The highest BCUT2D eigenvalue weighted by Crippen LogP contribution is 2.26. The minimum absolute atomic E-state index is 0.0484. The average Bonchev–Trinajstić information content (AvgIpc) is 3.25. The Labute approximate surface area is 209 Å². The summed E-state index contributed by atoms with van der Waals surface area (Å²) in [5.74, 6) is 0.651. The van der Waals surface area contributed by atoms with E-state index >= 15 is 0 Å². The van der Waals surface area contributed by atoms with Gasteiger partial charge in [-0.3, -0.25) is 4.79 Å². The third kappa shape index (κ3) is 4.64. The Morgan fingerprint density at radius 2 is 1.81 bits per heavy atom. The Balaban J connectivity index is 1.48. The maximum Gasteiger partial charge on any atom is 0.338 e. The molecule has 0 bridgehead atoms. The van der Waals surface area contributed by atoms with Gasteiger partial charge in [-0.1, -0.05) is 55.5 Å². The third-order valence-electron chi connectivity index (χ3n) is 6.48. The zero-order valence-corrected chi connectivity index (χ0v) is 20.5. The number of hydrogen-bond donors (Lipinski definition) is 1. The van der Waals surface area contributed by atoms with Crippen LogP contribution in [0.1, 0.15) is 53.5 Å². The van der Waals surface area contributed by atoms with Crippen molar-refractivity contribution in [3.05, 3.63) is 89.2 Å². The van der Waals surface area contributed by atoms with Crippen LogP contribution < -0.4 is 5.43 Å². The molecule has 36 heavy (non-hydrogen) atoms. The molecule has 0 radical (unpaired) electrons. The van der Waals surface area contributed by atoms with E-state index in [1.54, 1.807) is 6.07 Å². The number of benzene rings is 3. The number of hydrazone groups is 1. The summed E-state index contributed by atoms with van der Waals surface area (Å²) in [6, 6.07) is 21.9. The summed E-state index contributed by atoms with van der Waals surface area (Å²) in [4.78, 5) is 28.6. The van der Waals surface area contributed by atoms with Crippen LogP contribution in [0.3, 0.4) is 0 Å². The van der Waals surface area contributed by atoms with Crippen molar-refractivity contribution in [2.24, 2.45) is 5.10 Å². The number of carbonyl (C=O) groups excluding carboxylic acids is 2. The number of aryl methyl sites for hydroxylation is 1. The molecule has 5 rings (SSSR count). The molecule has 0 saturated carbocycles. The van der Waals surface area contributed by atoms with Crippen molar-refractivity contribution in [1.29, 1.82) is 0 Å². The molecule has 0 unspecified atom stereocenters. The number of carbonyl (C=O) groups is 2. The van der Waals surface area contributed by atoms with Crippen LogP contribution in [-0.2, 0) is 22.5 Å². The number of hydrogen-bond acceptors (Lipinski definition) is 5. The molecule has 1 aliphatic rings. The number of fused-ring (bicyclic) bond motifs is 1. The molecule has 3 aromatic carbocycles. The highest BCUT2D eigenvalue weighted by Gasteiger charge is 2.17. The minimum atomic E-state index is -0.346. The van der Waals surface area contributed by atoms with E-state index in [-0.39, 0.29) is 11.9 Å². The Kier molecular flexibility index (Phi) is 6.62. The number of nitrogens with zero attached hydrogens (tertiary/aromatic N) is 3. The molecule has 0 aliphatic carbocycles. The molecule has 0 fully saturated rings. The van der Waals surface area contributed by atoms with E-state index in [4.69, 9.17) is 9.72 Å². The van der Waals surface area contributed by atoms with Crippen molar-refractivity contribution in [1.82, 2.24) is 15.0 Å². The first-order valence-corrected chi connectivity index (χ1v) is 12.2. The fourth-order valence-electron chi connectivity index (χ4n) is 4.62. The lowest BCUT2D eigenvalue weighted by atomic mass is 9.98. The topological polar surface area (TPSA) is 85.6 Å². The fourth-order valence-corrected chi connectivity index (χ4v) is 4.62. The summed E-state index contributed by atoms with van der Waals surface area (Å²) in [7, 11) is 1.40. The molecule has 0 spiro atoms. The molecule has 182 valence electrons. The lowest BCUT2D eigenvalue weighted by molar-refractivity contribution is -0.121. The normalized spacial score (nSPS) is 13.4. The van der Waals surface area contributed by atoms with Gasteiger partial charge in [-0.2, -0.15) is 5.10 Å². The minimum Gasteiger partial charge on any atom is -0.465 e. The van der Waals surface area contributed by atoms with E-state index < -0.39 is 0 Å². The molecule has 1 aliphatic heterocycles. The van der Waals surface area contributed by atoms with Gasteiger partial charge in [0.15, 0.2) is 0 Å². The second-order valence-corrected chi connectivity index (χ2v) is 8.90. The molecule has 1 aromatic heterocycles. The summed E-state index contributed by atoms with van der Waals surface area (Å²) in [6.45, 7) is 2.83. The highest BCUT2D eigenvalue weighted by atomic mass is 16.5. The maximum absolute atomic E-state index is 12.2. The quantitative estimate of drug-likeness (QED) is 0.373. The molecule has 4 aromatic rings. The van der Waals surface area contributed by atoms with Gasteiger partial charge in [0.2, 0.25) is 5.91 Å². The van der Waals surface area contributed by atoms with Gasteiger partial charge in [0.1, 0.15) is 5.82 Å². The predicted octanol–water partition coefficient (Wildman–Crippen LogP) is 5.10. The van der Waals surface area contributed by atoms with Crippen LogP contribution >= 0.6 is 0 Å². The molecular formula is C29H28N4O3. The first-order valence-electron chi connectivity index (χ1n) is 12.2. The van der Waals surface area contributed by atoms with E-state index in [9.17, 15) is 9.59 Å². The lowest BCUT2D eigenvalue weighted by Crippen LogP contribution is -2.25. The number of esters is 1. The average molecular weight is 481 g/mol. The standard InChI is InChI=1S/C29H28N4O3/c1-3-6-27-30-25-14-13-21(24-15-16-28(34)32-31-24)17-26(25)33(27)18-19-9-11-20(12-10-19)22-7-4-5-8-23(22)29(35)36-2/h4-5,7-14,17H,3,6,15-16,18H2,1-2H3,(H,32,34). The molecule has 7 heteroatoms.